The Morgan fingerprint density at radius 2 is 1.89 bits per heavy atom. The first-order valence-corrected chi connectivity index (χ1v) is 6.03. The lowest BCUT2D eigenvalue weighted by Crippen LogP contribution is -2.17. The summed E-state index contributed by atoms with van der Waals surface area (Å²) in [7, 11) is 4.24. The zero-order valence-electron chi connectivity index (χ0n) is 11.2. The van der Waals surface area contributed by atoms with Crippen LogP contribution in [0.5, 0.6) is 11.5 Å². The van der Waals surface area contributed by atoms with Crippen LogP contribution in [0.1, 0.15) is 39.1 Å². The van der Waals surface area contributed by atoms with Gasteiger partial charge in [-0.1, -0.05) is 0 Å². The lowest BCUT2D eigenvalue weighted by molar-refractivity contribution is 0.0596. The number of rotatable bonds is 3. The van der Waals surface area contributed by atoms with Gasteiger partial charge in [-0.05, 0) is 18.9 Å². The van der Waals surface area contributed by atoms with Crippen LogP contribution in [0.25, 0.3) is 0 Å². The van der Waals surface area contributed by atoms with Gasteiger partial charge in [-0.3, -0.25) is 4.79 Å². The van der Waals surface area contributed by atoms with Crippen LogP contribution in [0, 0.1) is 0 Å². The maximum atomic E-state index is 12.1. The monoisotopic (exact) mass is 264 g/mol. The average molecular weight is 264 g/mol. The maximum absolute atomic E-state index is 12.1. The number of carbonyl (C=O) groups is 2. The molecule has 1 aromatic rings. The second-order valence-electron chi connectivity index (χ2n) is 4.28. The van der Waals surface area contributed by atoms with Crippen LogP contribution >= 0.6 is 0 Å². The van der Waals surface area contributed by atoms with Gasteiger partial charge in [-0.15, -0.1) is 0 Å². The summed E-state index contributed by atoms with van der Waals surface area (Å²) in [5.74, 6) is 0.245. The van der Waals surface area contributed by atoms with Crippen LogP contribution in [0.3, 0.4) is 0 Å². The number of methoxy groups -OCH3 is 3. The Bertz CT molecular complexity index is 533. The van der Waals surface area contributed by atoms with Gasteiger partial charge in [0.1, 0.15) is 17.1 Å². The van der Waals surface area contributed by atoms with E-state index in [1.165, 1.54) is 21.3 Å². The molecule has 0 unspecified atom stereocenters. The predicted molar refractivity (Wildman–Crippen MR) is 68.2 cm³/mol. The number of Topliss-reactive ketones (excluding diaryl/α,β-unsaturated/α-hetero) is 1. The molecule has 1 aliphatic rings. The first-order valence-electron chi connectivity index (χ1n) is 6.03. The quantitative estimate of drug-likeness (QED) is 0.781. The largest absolute Gasteiger partial charge is 0.496 e. The van der Waals surface area contributed by atoms with Gasteiger partial charge in [0.15, 0.2) is 5.78 Å². The van der Waals surface area contributed by atoms with E-state index in [1.807, 2.05) is 0 Å². The van der Waals surface area contributed by atoms with E-state index < -0.39 is 5.97 Å². The van der Waals surface area contributed by atoms with Crippen molar-refractivity contribution in [3.8, 4) is 11.5 Å². The Labute approximate surface area is 111 Å². The van der Waals surface area contributed by atoms with Gasteiger partial charge in [0.25, 0.3) is 0 Å². The van der Waals surface area contributed by atoms with E-state index in [4.69, 9.17) is 14.2 Å². The number of benzene rings is 1. The summed E-state index contributed by atoms with van der Waals surface area (Å²) in [5, 5.41) is 0. The number of hydrogen-bond acceptors (Lipinski definition) is 5. The number of hydrogen-bond donors (Lipinski definition) is 0. The summed E-state index contributed by atoms with van der Waals surface area (Å²) >= 11 is 0. The van der Waals surface area contributed by atoms with Crippen molar-refractivity contribution in [2.45, 2.75) is 19.3 Å². The topological polar surface area (TPSA) is 61.8 Å². The Morgan fingerprint density at radius 3 is 2.47 bits per heavy atom. The van der Waals surface area contributed by atoms with Crippen LogP contribution in [0.2, 0.25) is 0 Å². The summed E-state index contributed by atoms with van der Waals surface area (Å²) < 4.78 is 15.3. The third-order valence-corrected chi connectivity index (χ3v) is 3.29. The Kier molecular flexibility index (Phi) is 3.74. The van der Waals surface area contributed by atoms with E-state index in [2.05, 4.69) is 0 Å². The lowest BCUT2D eigenvalue weighted by Gasteiger charge is -2.22. The fourth-order valence-electron chi connectivity index (χ4n) is 2.43. The third-order valence-electron chi connectivity index (χ3n) is 3.29. The summed E-state index contributed by atoms with van der Waals surface area (Å²) in [6, 6.07) is 1.57. The molecule has 0 amide bonds. The van der Waals surface area contributed by atoms with Crippen molar-refractivity contribution < 1.29 is 23.8 Å². The van der Waals surface area contributed by atoms with Gasteiger partial charge in [0, 0.05) is 12.0 Å². The molecule has 0 aromatic heterocycles. The van der Waals surface area contributed by atoms with Crippen LogP contribution in [-0.4, -0.2) is 33.1 Å². The van der Waals surface area contributed by atoms with Crippen molar-refractivity contribution >= 4 is 11.8 Å². The highest BCUT2D eigenvalue weighted by molar-refractivity contribution is 6.06. The predicted octanol–water partition coefficient (Wildman–Crippen LogP) is 2.01. The highest BCUT2D eigenvalue weighted by Crippen LogP contribution is 2.39. The zero-order chi connectivity index (χ0) is 14.0. The summed E-state index contributed by atoms with van der Waals surface area (Å²) in [5.41, 5.74) is 1.48. The van der Waals surface area contributed by atoms with Crippen LogP contribution in [0.15, 0.2) is 6.07 Å². The molecule has 5 heteroatoms. The Hall–Kier alpha value is -2.04. The maximum Gasteiger partial charge on any atom is 0.341 e. The second-order valence-corrected chi connectivity index (χ2v) is 4.28. The number of esters is 1. The first-order chi connectivity index (χ1) is 9.13. The molecule has 0 spiro atoms. The van der Waals surface area contributed by atoms with Crippen molar-refractivity contribution in [1.29, 1.82) is 0 Å². The van der Waals surface area contributed by atoms with Crippen molar-refractivity contribution in [2.75, 3.05) is 21.3 Å². The van der Waals surface area contributed by atoms with Crippen molar-refractivity contribution in [3.05, 3.63) is 22.8 Å². The minimum absolute atomic E-state index is 0.0258. The fourth-order valence-corrected chi connectivity index (χ4v) is 2.43. The number of ether oxygens (including phenoxy) is 3. The molecule has 0 atom stereocenters. The van der Waals surface area contributed by atoms with E-state index in [0.29, 0.717) is 17.7 Å². The minimum atomic E-state index is -0.545. The van der Waals surface area contributed by atoms with Gasteiger partial charge in [-0.2, -0.15) is 0 Å². The molecule has 0 fully saturated rings. The van der Waals surface area contributed by atoms with Crippen molar-refractivity contribution in [2.24, 2.45) is 0 Å². The van der Waals surface area contributed by atoms with E-state index >= 15 is 0 Å². The molecule has 1 aliphatic carbocycles. The van der Waals surface area contributed by atoms with Crippen LogP contribution < -0.4 is 9.47 Å². The molecule has 0 radical (unpaired) electrons. The molecule has 0 saturated carbocycles. The van der Waals surface area contributed by atoms with Gasteiger partial charge < -0.3 is 14.2 Å². The molecule has 0 N–H and O–H groups in total. The van der Waals surface area contributed by atoms with Gasteiger partial charge in [0.2, 0.25) is 0 Å². The van der Waals surface area contributed by atoms with Gasteiger partial charge >= 0.3 is 5.97 Å². The first kappa shape index (κ1) is 13.4. The second kappa shape index (κ2) is 5.30. The molecule has 0 bridgehead atoms. The number of ketones is 1. The Balaban J connectivity index is 2.74. The zero-order valence-corrected chi connectivity index (χ0v) is 11.2. The summed E-state index contributed by atoms with van der Waals surface area (Å²) in [4.78, 5) is 23.9. The fraction of sp³-hybridized carbons (Fsp3) is 0.429. The molecule has 19 heavy (non-hydrogen) atoms. The smallest absolute Gasteiger partial charge is 0.341 e. The van der Waals surface area contributed by atoms with E-state index in [0.717, 1.165) is 18.4 Å². The molecular formula is C14H16O5. The SMILES string of the molecule is COC(=O)c1cc(OC)c2c(c1OC)C(=O)CCC2. The lowest BCUT2D eigenvalue weighted by atomic mass is 9.87. The number of fused-ring (bicyclic) bond motifs is 1. The molecular weight excluding hydrogens is 248 g/mol. The standard InChI is InChI=1S/C14H16O5/c1-17-11-7-9(14(16)19-3)13(18-2)12-8(11)5-4-6-10(12)15/h7H,4-6H2,1-3H3. The number of carbonyl (C=O) groups excluding carboxylic acids is 2. The highest BCUT2D eigenvalue weighted by Gasteiger charge is 2.29. The van der Waals surface area contributed by atoms with Gasteiger partial charge in [-0.25, -0.2) is 4.79 Å². The molecule has 0 heterocycles. The molecule has 2 rings (SSSR count). The Morgan fingerprint density at radius 1 is 1.16 bits per heavy atom. The summed E-state index contributed by atoms with van der Waals surface area (Å²) in [6.45, 7) is 0. The van der Waals surface area contributed by atoms with Crippen molar-refractivity contribution in [1.82, 2.24) is 0 Å². The van der Waals surface area contributed by atoms with E-state index in [-0.39, 0.29) is 17.1 Å². The molecule has 1 aromatic carbocycles. The average Bonchev–Trinajstić information content (AvgIpc) is 2.45. The minimum Gasteiger partial charge on any atom is -0.496 e. The third kappa shape index (κ3) is 2.16. The molecule has 102 valence electrons. The molecule has 5 nitrogen and oxygen atoms in total. The molecule has 0 saturated heterocycles. The van der Waals surface area contributed by atoms with E-state index in [1.54, 1.807) is 6.07 Å². The van der Waals surface area contributed by atoms with E-state index in [9.17, 15) is 9.59 Å². The van der Waals surface area contributed by atoms with Crippen molar-refractivity contribution in [3.63, 3.8) is 0 Å². The van der Waals surface area contributed by atoms with Crippen LogP contribution in [0.4, 0.5) is 0 Å². The molecule has 0 aliphatic heterocycles. The van der Waals surface area contributed by atoms with Gasteiger partial charge in [0.05, 0.1) is 26.9 Å². The summed E-state index contributed by atoms with van der Waals surface area (Å²) in [6.07, 6.45) is 1.97. The van der Waals surface area contributed by atoms with Crippen LogP contribution in [-0.2, 0) is 11.2 Å². The highest BCUT2D eigenvalue weighted by atomic mass is 16.5. The normalized spacial score (nSPS) is 13.7.